The second-order valence-electron chi connectivity index (χ2n) is 5.13. The van der Waals surface area contributed by atoms with Gasteiger partial charge in [-0.05, 0) is 50.7 Å². The van der Waals surface area contributed by atoms with Gasteiger partial charge in [0.15, 0.2) is 0 Å². The van der Waals surface area contributed by atoms with E-state index in [1.54, 1.807) is 11.3 Å². The first-order chi connectivity index (χ1) is 8.38. The summed E-state index contributed by atoms with van der Waals surface area (Å²) in [6.07, 6.45) is -2.41. The van der Waals surface area contributed by atoms with Gasteiger partial charge in [-0.2, -0.15) is 13.2 Å². The maximum atomic E-state index is 12.6. The number of aryl methyl sites for hydroxylation is 1. The van der Waals surface area contributed by atoms with E-state index in [-0.39, 0.29) is 24.8 Å². The number of hydrogen-bond acceptors (Lipinski definition) is 2. The summed E-state index contributed by atoms with van der Waals surface area (Å²) in [5.74, 6) is -0.923. The second-order valence-corrected chi connectivity index (χ2v) is 6.45. The molecule has 1 aliphatic carbocycles. The van der Waals surface area contributed by atoms with Crippen LogP contribution in [0.2, 0.25) is 0 Å². The van der Waals surface area contributed by atoms with Crippen molar-refractivity contribution in [1.29, 1.82) is 0 Å². The normalized spacial score (nSPS) is 27.2. The molecule has 1 heterocycles. The number of halogens is 3. The summed E-state index contributed by atoms with van der Waals surface area (Å²) in [5.41, 5.74) is 6.17. The summed E-state index contributed by atoms with van der Waals surface area (Å²) in [4.78, 5) is 2.30. The molecule has 0 radical (unpaired) electrons. The van der Waals surface area contributed by atoms with E-state index in [0.29, 0.717) is 12.8 Å². The molecule has 1 atom stereocenters. The molecule has 18 heavy (non-hydrogen) atoms. The average molecular weight is 277 g/mol. The SMILES string of the molecule is Cc1ccc(C(N)C2CCC(C(F)(F)F)CC2)s1. The highest BCUT2D eigenvalue weighted by atomic mass is 32.1. The van der Waals surface area contributed by atoms with E-state index in [1.165, 1.54) is 4.88 Å². The monoisotopic (exact) mass is 277 g/mol. The van der Waals surface area contributed by atoms with Gasteiger partial charge in [-0.3, -0.25) is 0 Å². The molecule has 0 aromatic carbocycles. The lowest BCUT2D eigenvalue weighted by atomic mass is 9.78. The Hall–Kier alpha value is -0.550. The molecule has 1 nitrogen and oxygen atoms in total. The first-order valence-electron chi connectivity index (χ1n) is 6.26. The van der Waals surface area contributed by atoms with Crippen LogP contribution in [0.15, 0.2) is 12.1 Å². The van der Waals surface area contributed by atoms with Crippen LogP contribution >= 0.6 is 11.3 Å². The zero-order valence-electron chi connectivity index (χ0n) is 10.3. The predicted octanol–water partition coefficient (Wildman–Crippen LogP) is 4.43. The van der Waals surface area contributed by atoms with Gasteiger partial charge >= 0.3 is 6.18 Å². The molecule has 5 heteroatoms. The number of alkyl halides is 3. The Morgan fingerprint density at radius 2 is 1.83 bits per heavy atom. The average Bonchev–Trinajstić information content (AvgIpc) is 2.74. The van der Waals surface area contributed by atoms with Crippen LogP contribution in [0.3, 0.4) is 0 Å². The molecule has 102 valence electrons. The van der Waals surface area contributed by atoms with Crippen LogP contribution in [0, 0.1) is 18.8 Å². The van der Waals surface area contributed by atoms with Crippen molar-refractivity contribution in [3.63, 3.8) is 0 Å². The van der Waals surface area contributed by atoms with Crippen LogP contribution in [-0.4, -0.2) is 6.18 Å². The van der Waals surface area contributed by atoms with Crippen molar-refractivity contribution in [2.75, 3.05) is 0 Å². The lowest BCUT2D eigenvalue weighted by Gasteiger charge is -2.32. The third-order valence-electron chi connectivity index (χ3n) is 3.83. The molecule has 1 aliphatic rings. The highest BCUT2D eigenvalue weighted by Gasteiger charge is 2.42. The molecule has 0 saturated heterocycles. The quantitative estimate of drug-likeness (QED) is 0.850. The number of thiophene rings is 1. The summed E-state index contributed by atoms with van der Waals surface area (Å²) in [6.45, 7) is 2.02. The molecule has 2 rings (SSSR count). The molecule has 0 spiro atoms. The zero-order chi connectivity index (χ0) is 13.3. The van der Waals surface area contributed by atoms with Crippen molar-refractivity contribution < 1.29 is 13.2 Å². The molecule has 0 amide bonds. The molecule has 1 aromatic heterocycles. The molecule has 1 aromatic rings. The molecule has 0 bridgehead atoms. The maximum absolute atomic E-state index is 12.6. The third-order valence-corrected chi connectivity index (χ3v) is 4.93. The van der Waals surface area contributed by atoms with Gasteiger partial charge in [0.05, 0.1) is 5.92 Å². The topological polar surface area (TPSA) is 26.0 Å². The van der Waals surface area contributed by atoms with Crippen molar-refractivity contribution in [3.05, 3.63) is 21.9 Å². The summed E-state index contributed by atoms with van der Waals surface area (Å²) >= 11 is 1.65. The second kappa shape index (κ2) is 5.21. The van der Waals surface area contributed by atoms with E-state index in [9.17, 15) is 13.2 Å². The minimum Gasteiger partial charge on any atom is -0.323 e. The minimum absolute atomic E-state index is 0.0992. The smallest absolute Gasteiger partial charge is 0.323 e. The Morgan fingerprint density at radius 3 is 2.28 bits per heavy atom. The van der Waals surface area contributed by atoms with Gasteiger partial charge in [-0.25, -0.2) is 0 Å². The standard InChI is InChI=1S/C13H18F3NS/c1-8-2-7-11(18-8)12(17)9-3-5-10(6-4-9)13(14,15)16/h2,7,9-10,12H,3-6,17H2,1H3. The van der Waals surface area contributed by atoms with E-state index in [0.717, 1.165) is 4.88 Å². The molecular formula is C13H18F3NS. The predicted molar refractivity (Wildman–Crippen MR) is 67.5 cm³/mol. The number of rotatable bonds is 2. The Kier molecular flexibility index (Phi) is 4.02. The van der Waals surface area contributed by atoms with E-state index in [4.69, 9.17) is 5.73 Å². The number of hydrogen-bond donors (Lipinski definition) is 1. The van der Waals surface area contributed by atoms with Crippen LogP contribution in [0.5, 0.6) is 0 Å². The van der Waals surface area contributed by atoms with Crippen LogP contribution in [0.25, 0.3) is 0 Å². The zero-order valence-corrected chi connectivity index (χ0v) is 11.2. The lowest BCUT2D eigenvalue weighted by Crippen LogP contribution is -2.31. The van der Waals surface area contributed by atoms with Crippen LogP contribution in [0.4, 0.5) is 13.2 Å². The Balaban J connectivity index is 1.94. The fourth-order valence-corrected chi connectivity index (χ4v) is 3.64. The largest absolute Gasteiger partial charge is 0.391 e. The summed E-state index contributed by atoms with van der Waals surface area (Å²) in [5, 5.41) is 0. The van der Waals surface area contributed by atoms with Crippen molar-refractivity contribution in [2.45, 2.75) is 44.8 Å². The Bertz CT molecular complexity index is 391. The molecule has 0 aliphatic heterocycles. The fourth-order valence-electron chi connectivity index (χ4n) is 2.67. The molecule has 1 unspecified atom stereocenters. The Morgan fingerprint density at radius 1 is 1.22 bits per heavy atom. The van der Waals surface area contributed by atoms with Crippen molar-refractivity contribution in [2.24, 2.45) is 17.6 Å². The molecule has 1 fully saturated rings. The van der Waals surface area contributed by atoms with Gasteiger partial charge in [0.25, 0.3) is 0 Å². The van der Waals surface area contributed by atoms with Crippen LogP contribution in [-0.2, 0) is 0 Å². The molecular weight excluding hydrogens is 259 g/mol. The highest BCUT2D eigenvalue weighted by Crippen LogP contribution is 2.43. The number of nitrogens with two attached hydrogens (primary N) is 1. The van der Waals surface area contributed by atoms with E-state index in [2.05, 4.69) is 0 Å². The fraction of sp³-hybridized carbons (Fsp3) is 0.692. The van der Waals surface area contributed by atoms with Gasteiger partial charge in [0.1, 0.15) is 0 Å². The van der Waals surface area contributed by atoms with E-state index in [1.807, 2.05) is 19.1 Å². The Labute approximate surface area is 109 Å². The summed E-state index contributed by atoms with van der Waals surface area (Å²) in [7, 11) is 0. The first-order valence-corrected chi connectivity index (χ1v) is 7.08. The van der Waals surface area contributed by atoms with E-state index < -0.39 is 12.1 Å². The van der Waals surface area contributed by atoms with Gasteiger partial charge in [-0.15, -0.1) is 11.3 Å². The summed E-state index contributed by atoms with van der Waals surface area (Å²) in [6, 6.07) is 3.92. The van der Waals surface area contributed by atoms with Gasteiger partial charge in [-0.1, -0.05) is 0 Å². The van der Waals surface area contributed by atoms with Crippen LogP contribution < -0.4 is 5.73 Å². The van der Waals surface area contributed by atoms with E-state index >= 15 is 0 Å². The van der Waals surface area contributed by atoms with Gasteiger partial charge in [0, 0.05) is 15.8 Å². The molecule has 2 N–H and O–H groups in total. The third kappa shape index (κ3) is 3.06. The minimum atomic E-state index is -4.03. The first kappa shape index (κ1) is 13.9. The summed E-state index contributed by atoms with van der Waals surface area (Å²) < 4.78 is 37.7. The van der Waals surface area contributed by atoms with Gasteiger partial charge < -0.3 is 5.73 Å². The maximum Gasteiger partial charge on any atom is 0.391 e. The highest BCUT2D eigenvalue weighted by molar-refractivity contribution is 7.12. The lowest BCUT2D eigenvalue weighted by molar-refractivity contribution is -0.184. The van der Waals surface area contributed by atoms with Crippen molar-refractivity contribution in [3.8, 4) is 0 Å². The van der Waals surface area contributed by atoms with Crippen LogP contribution in [0.1, 0.15) is 41.5 Å². The van der Waals surface area contributed by atoms with Crippen molar-refractivity contribution >= 4 is 11.3 Å². The van der Waals surface area contributed by atoms with Gasteiger partial charge in [0.2, 0.25) is 0 Å². The van der Waals surface area contributed by atoms with Crippen molar-refractivity contribution in [1.82, 2.24) is 0 Å². The molecule has 1 saturated carbocycles.